The summed E-state index contributed by atoms with van der Waals surface area (Å²) in [6.45, 7) is 0. The fourth-order valence-corrected chi connectivity index (χ4v) is 4.02. The molecule has 0 unspecified atom stereocenters. The number of thiazole rings is 1. The van der Waals surface area contributed by atoms with Crippen molar-refractivity contribution in [2.75, 3.05) is 12.4 Å². The molecular formula is C17H13IN2OS. The van der Waals surface area contributed by atoms with Crippen molar-refractivity contribution in [2.24, 2.45) is 0 Å². The van der Waals surface area contributed by atoms with Gasteiger partial charge >= 0.3 is 0 Å². The lowest BCUT2D eigenvalue weighted by molar-refractivity contribution is 0.414. The molecule has 1 aromatic heterocycles. The van der Waals surface area contributed by atoms with Crippen molar-refractivity contribution < 1.29 is 4.74 Å². The summed E-state index contributed by atoms with van der Waals surface area (Å²) >= 11 is 4.03. The van der Waals surface area contributed by atoms with E-state index in [9.17, 15) is 0 Å². The summed E-state index contributed by atoms with van der Waals surface area (Å²) in [4.78, 5) is 6.09. The van der Waals surface area contributed by atoms with Crippen molar-refractivity contribution in [3.05, 3.63) is 56.5 Å². The van der Waals surface area contributed by atoms with Gasteiger partial charge in [-0.3, -0.25) is 0 Å². The van der Waals surface area contributed by atoms with Crippen molar-refractivity contribution in [1.29, 1.82) is 0 Å². The highest BCUT2D eigenvalue weighted by atomic mass is 127. The molecule has 0 saturated heterocycles. The number of rotatable bonds is 3. The van der Waals surface area contributed by atoms with Gasteiger partial charge in [0.25, 0.3) is 0 Å². The number of ether oxygens (including phenoxy) is 1. The number of methoxy groups -OCH3 is 1. The molecule has 2 aromatic carbocycles. The predicted octanol–water partition coefficient (Wildman–Crippen LogP) is 5.07. The van der Waals surface area contributed by atoms with Crippen molar-refractivity contribution in [3.8, 4) is 17.0 Å². The summed E-state index contributed by atoms with van der Waals surface area (Å²) < 4.78 is 6.53. The zero-order valence-corrected chi connectivity index (χ0v) is 14.9. The zero-order chi connectivity index (χ0) is 15.1. The molecule has 1 aliphatic rings. The van der Waals surface area contributed by atoms with Gasteiger partial charge in [0.1, 0.15) is 5.75 Å². The van der Waals surface area contributed by atoms with E-state index in [0.29, 0.717) is 0 Å². The Kier molecular flexibility index (Phi) is 3.54. The number of hydrogen-bond acceptors (Lipinski definition) is 4. The van der Waals surface area contributed by atoms with Crippen LogP contribution in [0.15, 0.2) is 42.5 Å². The highest BCUT2D eigenvalue weighted by molar-refractivity contribution is 14.1. The van der Waals surface area contributed by atoms with Gasteiger partial charge in [0.15, 0.2) is 5.13 Å². The molecule has 0 aliphatic heterocycles. The van der Waals surface area contributed by atoms with Gasteiger partial charge in [-0.15, -0.1) is 11.3 Å². The van der Waals surface area contributed by atoms with E-state index in [1.165, 1.54) is 19.6 Å². The maximum atomic E-state index is 5.30. The first kappa shape index (κ1) is 14.0. The molecule has 1 N–H and O–H groups in total. The Morgan fingerprint density at radius 1 is 1.18 bits per heavy atom. The van der Waals surface area contributed by atoms with Crippen molar-refractivity contribution in [3.63, 3.8) is 0 Å². The average Bonchev–Trinajstić information content (AvgIpc) is 3.05. The van der Waals surface area contributed by atoms with Crippen LogP contribution in [0.1, 0.15) is 10.4 Å². The Labute approximate surface area is 146 Å². The maximum absolute atomic E-state index is 5.30. The van der Waals surface area contributed by atoms with Crippen LogP contribution in [0, 0.1) is 3.57 Å². The first-order valence-electron chi connectivity index (χ1n) is 6.92. The summed E-state index contributed by atoms with van der Waals surface area (Å²) in [6, 6.07) is 14.5. The first-order chi connectivity index (χ1) is 10.7. The number of nitrogens with one attached hydrogen (secondary N) is 1. The largest absolute Gasteiger partial charge is 0.497 e. The lowest BCUT2D eigenvalue weighted by Crippen LogP contribution is -1.90. The Morgan fingerprint density at radius 2 is 2.00 bits per heavy atom. The van der Waals surface area contributed by atoms with Gasteiger partial charge in [0.05, 0.1) is 12.8 Å². The van der Waals surface area contributed by atoms with Gasteiger partial charge < -0.3 is 10.1 Å². The molecule has 0 radical (unpaired) electrons. The second-order valence-corrected chi connectivity index (χ2v) is 7.45. The van der Waals surface area contributed by atoms with Crippen molar-refractivity contribution in [2.45, 2.75) is 6.42 Å². The van der Waals surface area contributed by atoms with Crippen LogP contribution in [0.5, 0.6) is 5.75 Å². The highest BCUT2D eigenvalue weighted by Gasteiger charge is 2.23. The molecule has 0 amide bonds. The average molecular weight is 420 g/mol. The van der Waals surface area contributed by atoms with Crippen LogP contribution in [-0.4, -0.2) is 12.1 Å². The molecule has 110 valence electrons. The topological polar surface area (TPSA) is 34.1 Å². The minimum Gasteiger partial charge on any atom is -0.497 e. The molecule has 3 aromatic rings. The number of aromatic nitrogens is 1. The number of halogens is 1. The van der Waals surface area contributed by atoms with Crippen LogP contribution in [0.25, 0.3) is 11.3 Å². The van der Waals surface area contributed by atoms with Crippen LogP contribution >= 0.6 is 33.9 Å². The zero-order valence-electron chi connectivity index (χ0n) is 11.9. The second kappa shape index (κ2) is 5.55. The van der Waals surface area contributed by atoms with Crippen LogP contribution < -0.4 is 10.1 Å². The van der Waals surface area contributed by atoms with E-state index in [1.54, 1.807) is 18.4 Å². The minimum absolute atomic E-state index is 0.908. The van der Waals surface area contributed by atoms with E-state index in [4.69, 9.17) is 9.72 Å². The fraction of sp³-hybridized carbons (Fsp3) is 0.118. The maximum Gasteiger partial charge on any atom is 0.187 e. The van der Waals surface area contributed by atoms with E-state index < -0.39 is 0 Å². The monoisotopic (exact) mass is 420 g/mol. The standard InChI is InChI=1S/C17H13IN2OS/c1-21-13-6-7-14-10(8-13)9-15-16(14)20-17(22-15)19-12-4-2-11(18)3-5-12/h2-8H,9H2,1H3,(H,19,20). The number of fused-ring (bicyclic) bond motifs is 3. The molecule has 4 rings (SSSR count). The predicted molar refractivity (Wildman–Crippen MR) is 99.3 cm³/mol. The van der Waals surface area contributed by atoms with Crippen molar-refractivity contribution >= 4 is 44.7 Å². The number of benzene rings is 2. The van der Waals surface area contributed by atoms with Gasteiger partial charge in [-0.25, -0.2) is 4.98 Å². The molecular weight excluding hydrogens is 407 g/mol. The van der Waals surface area contributed by atoms with Gasteiger partial charge in [-0.05, 0) is 70.6 Å². The lowest BCUT2D eigenvalue weighted by Gasteiger charge is -2.04. The van der Waals surface area contributed by atoms with Gasteiger partial charge in [-0.2, -0.15) is 0 Å². The van der Waals surface area contributed by atoms with E-state index >= 15 is 0 Å². The Hall–Kier alpha value is -1.60. The summed E-state index contributed by atoms with van der Waals surface area (Å²) in [5.41, 5.74) is 4.70. The van der Waals surface area contributed by atoms with Gasteiger partial charge in [0.2, 0.25) is 0 Å². The Bertz CT molecular complexity index is 842. The summed E-state index contributed by atoms with van der Waals surface area (Å²) in [6.07, 6.45) is 0.938. The van der Waals surface area contributed by atoms with Crippen LogP contribution in [-0.2, 0) is 6.42 Å². The Balaban J connectivity index is 1.63. The van der Waals surface area contributed by atoms with E-state index in [2.05, 4.69) is 64.3 Å². The number of anilines is 2. The third-order valence-corrected chi connectivity index (χ3v) is 5.40. The minimum atomic E-state index is 0.908. The third kappa shape index (κ3) is 2.48. The van der Waals surface area contributed by atoms with Gasteiger partial charge in [0, 0.05) is 26.1 Å². The molecule has 0 spiro atoms. The Morgan fingerprint density at radius 3 is 2.77 bits per heavy atom. The normalized spacial score (nSPS) is 11.9. The fourth-order valence-electron chi connectivity index (χ4n) is 2.64. The van der Waals surface area contributed by atoms with E-state index in [1.807, 2.05) is 6.07 Å². The number of hydrogen-bond donors (Lipinski definition) is 1. The number of nitrogens with zero attached hydrogens (tertiary/aromatic N) is 1. The lowest BCUT2D eigenvalue weighted by atomic mass is 10.1. The smallest absolute Gasteiger partial charge is 0.187 e. The second-order valence-electron chi connectivity index (χ2n) is 5.12. The van der Waals surface area contributed by atoms with E-state index in [0.717, 1.165) is 28.7 Å². The molecule has 1 heterocycles. The van der Waals surface area contributed by atoms with Crippen LogP contribution in [0.4, 0.5) is 10.8 Å². The van der Waals surface area contributed by atoms with Gasteiger partial charge in [-0.1, -0.05) is 0 Å². The summed E-state index contributed by atoms with van der Waals surface area (Å²) in [7, 11) is 1.70. The molecule has 0 atom stereocenters. The molecule has 0 saturated carbocycles. The molecule has 0 bridgehead atoms. The van der Waals surface area contributed by atoms with E-state index in [-0.39, 0.29) is 0 Å². The quantitative estimate of drug-likeness (QED) is 0.470. The molecule has 22 heavy (non-hydrogen) atoms. The SMILES string of the molecule is COc1ccc2c(c1)Cc1sc(Nc3ccc(I)cc3)nc1-2. The molecule has 3 nitrogen and oxygen atoms in total. The molecule has 0 fully saturated rings. The first-order valence-corrected chi connectivity index (χ1v) is 8.82. The summed E-state index contributed by atoms with van der Waals surface area (Å²) in [5.74, 6) is 0.908. The molecule has 5 heteroatoms. The highest BCUT2D eigenvalue weighted by Crippen LogP contribution is 2.42. The van der Waals surface area contributed by atoms with Crippen LogP contribution in [0.2, 0.25) is 0 Å². The molecule has 1 aliphatic carbocycles. The van der Waals surface area contributed by atoms with Crippen molar-refractivity contribution in [1.82, 2.24) is 4.98 Å². The summed E-state index contributed by atoms with van der Waals surface area (Å²) in [5, 5.41) is 4.34. The third-order valence-electron chi connectivity index (χ3n) is 3.71. The van der Waals surface area contributed by atoms with Crippen LogP contribution in [0.3, 0.4) is 0 Å².